The second-order valence-electron chi connectivity index (χ2n) is 7.60. The van der Waals surface area contributed by atoms with Crippen LogP contribution in [0.5, 0.6) is 5.75 Å². The fraction of sp³-hybridized carbons (Fsp3) is 0.478. The SMILES string of the molecule is CCCCOc1ccc(C(=O)NCc2ccc(N3CC(C)OC(C)C3)nc2)cc1. The van der Waals surface area contributed by atoms with Crippen LogP contribution in [0.1, 0.15) is 49.5 Å². The Bertz CT molecular complexity index is 767. The summed E-state index contributed by atoms with van der Waals surface area (Å²) >= 11 is 0. The van der Waals surface area contributed by atoms with Gasteiger partial charge < -0.3 is 19.7 Å². The zero-order valence-electron chi connectivity index (χ0n) is 17.6. The van der Waals surface area contributed by atoms with E-state index < -0.39 is 0 Å². The Balaban J connectivity index is 1.50. The van der Waals surface area contributed by atoms with E-state index in [1.54, 1.807) is 12.1 Å². The highest BCUT2D eigenvalue weighted by atomic mass is 16.5. The number of morpholine rings is 1. The van der Waals surface area contributed by atoms with Crippen LogP contribution in [0.2, 0.25) is 0 Å². The number of aromatic nitrogens is 1. The summed E-state index contributed by atoms with van der Waals surface area (Å²) in [4.78, 5) is 19.2. The number of nitrogens with one attached hydrogen (secondary N) is 1. The van der Waals surface area contributed by atoms with Gasteiger partial charge in [-0.1, -0.05) is 19.4 Å². The molecule has 6 nitrogen and oxygen atoms in total. The maximum atomic E-state index is 12.4. The molecule has 1 fully saturated rings. The summed E-state index contributed by atoms with van der Waals surface area (Å²) in [6.07, 6.45) is 4.34. The van der Waals surface area contributed by atoms with Crippen molar-refractivity contribution in [2.45, 2.75) is 52.4 Å². The molecule has 0 saturated carbocycles. The molecule has 1 aliphatic rings. The Morgan fingerprint density at radius 1 is 1.17 bits per heavy atom. The van der Waals surface area contributed by atoms with Crippen molar-refractivity contribution >= 4 is 11.7 Å². The quantitative estimate of drug-likeness (QED) is 0.687. The van der Waals surface area contributed by atoms with E-state index in [1.807, 2.05) is 30.5 Å². The number of carbonyl (C=O) groups is 1. The van der Waals surface area contributed by atoms with Crippen LogP contribution in [0, 0.1) is 0 Å². The Morgan fingerprint density at radius 3 is 2.52 bits per heavy atom. The van der Waals surface area contributed by atoms with Gasteiger partial charge in [-0.2, -0.15) is 0 Å². The highest BCUT2D eigenvalue weighted by molar-refractivity contribution is 5.94. The molecule has 2 aromatic rings. The van der Waals surface area contributed by atoms with Crippen LogP contribution in [-0.2, 0) is 11.3 Å². The number of nitrogens with zero attached hydrogens (tertiary/aromatic N) is 2. The first-order valence-corrected chi connectivity index (χ1v) is 10.4. The number of unbranched alkanes of at least 4 members (excludes halogenated alkanes) is 1. The van der Waals surface area contributed by atoms with Gasteiger partial charge in [0.2, 0.25) is 0 Å². The van der Waals surface area contributed by atoms with Gasteiger partial charge in [0.25, 0.3) is 5.91 Å². The number of carbonyl (C=O) groups excluding carboxylic acids is 1. The van der Waals surface area contributed by atoms with E-state index in [4.69, 9.17) is 9.47 Å². The van der Waals surface area contributed by atoms with E-state index in [0.29, 0.717) is 18.7 Å². The van der Waals surface area contributed by atoms with Crippen molar-refractivity contribution in [1.29, 1.82) is 0 Å². The molecule has 2 atom stereocenters. The van der Waals surface area contributed by atoms with Crippen molar-refractivity contribution in [3.63, 3.8) is 0 Å². The number of pyridine rings is 1. The average molecular weight is 398 g/mol. The van der Waals surface area contributed by atoms with Crippen LogP contribution in [-0.4, -0.2) is 42.8 Å². The minimum Gasteiger partial charge on any atom is -0.494 e. The minimum atomic E-state index is -0.106. The maximum absolute atomic E-state index is 12.4. The summed E-state index contributed by atoms with van der Waals surface area (Å²) in [5.74, 6) is 1.63. The topological polar surface area (TPSA) is 63.7 Å². The lowest BCUT2D eigenvalue weighted by molar-refractivity contribution is -0.00546. The van der Waals surface area contributed by atoms with Crippen LogP contribution in [0.4, 0.5) is 5.82 Å². The number of amides is 1. The molecule has 156 valence electrons. The Kier molecular flexibility index (Phi) is 7.47. The lowest BCUT2D eigenvalue weighted by atomic mass is 10.2. The maximum Gasteiger partial charge on any atom is 0.251 e. The third-order valence-electron chi connectivity index (χ3n) is 4.89. The van der Waals surface area contributed by atoms with E-state index in [-0.39, 0.29) is 18.1 Å². The largest absolute Gasteiger partial charge is 0.494 e. The van der Waals surface area contributed by atoms with Gasteiger partial charge in [0, 0.05) is 31.4 Å². The fourth-order valence-electron chi connectivity index (χ4n) is 3.39. The molecule has 2 heterocycles. The van der Waals surface area contributed by atoms with Crippen LogP contribution < -0.4 is 15.0 Å². The molecule has 0 radical (unpaired) electrons. The molecule has 1 aliphatic heterocycles. The number of rotatable bonds is 8. The minimum absolute atomic E-state index is 0.106. The van der Waals surface area contributed by atoms with Crippen molar-refractivity contribution in [2.75, 3.05) is 24.6 Å². The molecule has 0 spiro atoms. The lowest BCUT2D eigenvalue weighted by Gasteiger charge is -2.36. The monoisotopic (exact) mass is 397 g/mol. The van der Waals surface area contributed by atoms with Crippen molar-refractivity contribution in [3.8, 4) is 5.75 Å². The van der Waals surface area contributed by atoms with Gasteiger partial charge >= 0.3 is 0 Å². The van der Waals surface area contributed by atoms with Gasteiger partial charge in [-0.25, -0.2) is 4.98 Å². The van der Waals surface area contributed by atoms with Crippen LogP contribution in [0.25, 0.3) is 0 Å². The zero-order chi connectivity index (χ0) is 20.6. The molecule has 1 aromatic carbocycles. The zero-order valence-corrected chi connectivity index (χ0v) is 17.6. The molecule has 3 rings (SSSR count). The molecule has 0 aliphatic carbocycles. The molecule has 6 heteroatoms. The smallest absolute Gasteiger partial charge is 0.251 e. The van der Waals surface area contributed by atoms with Crippen molar-refractivity contribution in [3.05, 3.63) is 53.7 Å². The van der Waals surface area contributed by atoms with Crippen LogP contribution >= 0.6 is 0 Å². The summed E-state index contributed by atoms with van der Waals surface area (Å²) in [5.41, 5.74) is 1.59. The molecular formula is C23H31N3O3. The van der Waals surface area contributed by atoms with Crippen LogP contribution in [0.3, 0.4) is 0 Å². The van der Waals surface area contributed by atoms with E-state index in [9.17, 15) is 4.79 Å². The molecule has 2 unspecified atom stereocenters. The van der Waals surface area contributed by atoms with Gasteiger partial charge in [0.15, 0.2) is 0 Å². The van der Waals surface area contributed by atoms with Gasteiger partial charge in [-0.3, -0.25) is 4.79 Å². The van der Waals surface area contributed by atoms with Gasteiger partial charge in [-0.05, 0) is 56.2 Å². The highest BCUT2D eigenvalue weighted by Gasteiger charge is 2.22. The molecule has 0 bridgehead atoms. The number of benzene rings is 1. The summed E-state index contributed by atoms with van der Waals surface area (Å²) in [6.45, 7) is 9.11. The molecule has 1 N–H and O–H groups in total. The van der Waals surface area contributed by atoms with Crippen molar-refractivity contribution < 1.29 is 14.3 Å². The van der Waals surface area contributed by atoms with Gasteiger partial charge in [-0.15, -0.1) is 0 Å². The molecule has 1 saturated heterocycles. The van der Waals surface area contributed by atoms with E-state index in [2.05, 4.69) is 36.0 Å². The average Bonchev–Trinajstić information content (AvgIpc) is 2.72. The second kappa shape index (κ2) is 10.3. The highest BCUT2D eigenvalue weighted by Crippen LogP contribution is 2.18. The summed E-state index contributed by atoms with van der Waals surface area (Å²) in [7, 11) is 0. The molecular weight excluding hydrogens is 366 g/mol. The molecule has 1 amide bonds. The Labute approximate surface area is 173 Å². The Hall–Kier alpha value is -2.60. The van der Waals surface area contributed by atoms with Crippen molar-refractivity contribution in [2.24, 2.45) is 0 Å². The molecule has 29 heavy (non-hydrogen) atoms. The third kappa shape index (κ3) is 6.19. The number of anilines is 1. The Morgan fingerprint density at radius 2 is 1.90 bits per heavy atom. The predicted molar refractivity (Wildman–Crippen MR) is 114 cm³/mol. The fourth-order valence-corrected chi connectivity index (χ4v) is 3.39. The summed E-state index contributed by atoms with van der Waals surface area (Å²) in [6, 6.07) is 11.3. The molecule has 1 aromatic heterocycles. The number of hydrogen-bond donors (Lipinski definition) is 1. The van der Waals surface area contributed by atoms with E-state index >= 15 is 0 Å². The predicted octanol–water partition coefficient (Wildman–Crippen LogP) is 3.80. The van der Waals surface area contributed by atoms with Gasteiger partial charge in [0.05, 0.1) is 18.8 Å². The third-order valence-corrected chi connectivity index (χ3v) is 4.89. The lowest BCUT2D eigenvalue weighted by Crippen LogP contribution is -2.45. The summed E-state index contributed by atoms with van der Waals surface area (Å²) < 4.78 is 11.4. The summed E-state index contributed by atoms with van der Waals surface area (Å²) in [5, 5.41) is 2.95. The number of hydrogen-bond acceptors (Lipinski definition) is 5. The van der Waals surface area contributed by atoms with Crippen molar-refractivity contribution in [1.82, 2.24) is 10.3 Å². The van der Waals surface area contributed by atoms with Gasteiger partial charge in [0.1, 0.15) is 11.6 Å². The normalized spacial score (nSPS) is 19.1. The second-order valence-corrected chi connectivity index (χ2v) is 7.60. The van der Waals surface area contributed by atoms with Crippen LogP contribution in [0.15, 0.2) is 42.6 Å². The van der Waals surface area contributed by atoms with E-state index in [1.165, 1.54) is 0 Å². The first-order chi connectivity index (χ1) is 14.0. The standard InChI is InChI=1S/C23H31N3O3/c1-4-5-12-28-21-9-7-20(8-10-21)23(27)25-14-19-6-11-22(24-13-19)26-15-17(2)29-18(3)16-26/h6-11,13,17-18H,4-5,12,14-16H2,1-3H3,(H,25,27). The van der Waals surface area contributed by atoms with E-state index in [0.717, 1.165) is 43.1 Å². The first-order valence-electron chi connectivity index (χ1n) is 10.4. The first kappa shape index (κ1) is 21.1. The number of ether oxygens (including phenoxy) is 2.